The fourth-order valence-corrected chi connectivity index (χ4v) is 1.53. The Morgan fingerprint density at radius 3 is 1.44 bits per heavy atom. The van der Waals surface area contributed by atoms with Gasteiger partial charge in [-0.05, 0) is 19.9 Å². The minimum absolute atomic E-state index is 0.465. The molecule has 2 aromatic heterocycles. The number of nitrogens with one attached hydrogen (secondary N) is 2. The van der Waals surface area contributed by atoms with Crippen LogP contribution in [0.2, 0.25) is 0 Å². The average molecular weight is 248 g/mol. The predicted octanol–water partition coefficient (Wildman–Crippen LogP) is -1.20. The number of hydrogen-bond donors (Lipinski definition) is 2. The first kappa shape index (κ1) is 10.3. The summed E-state index contributed by atoms with van der Waals surface area (Å²) in [5.41, 5.74) is 0.507. The van der Waals surface area contributed by atoms with E-state index in [2.05, 4.69) is 19.6 Å². The summed E-state index contributed by atoms with van der Waals surface area (Å²) in [5, 5.41) is 4.86. The molecule has 0 aliphatic heterocycles. The molecule has 3 rings (SSSR count). The van der Waals surface area contributed by atoms with E-state index in [1.54, 1.807) is 24.3 Å². The van der Waals surface area contributed by atoms with Crippen molar-refractivity contribution in [1.29, 1.82) is 0 Å². The molecule has 1 aromatic carbocycles. The second-order valence-electron chi connectivity index (χ2n) is 3.54. The third kappa shape index (κ3) is 1.75. The van der Waals surface area contributed by atoms with E-state index in [-0.39, 0.29) is 0 Å². The Morgan fingerprint density at radius 2 is 1.17 bits per heavy atom. The zero-order chi connectivity index (χ0) is 12.5. The van der Waals surface area contributed by atoms with Crippen molar-refractivity contribution in [1.82, 2.24) is 10.5 Å². The van der Waals surface area contributed by atoms with Gasteiger partial charge in [0.2, 0.25) is 11.4 Å². The summed E-state index contributed by atoms with van der Waals surface area (Å²) in [7, 11) is 0. The van der Waals surface area contributed by atoms with Gasteiger partial charge in [0.05, 0.1) is 0 Å². The molecule has 2 heterocycles. The number of benzene rings is 1. The minimum atomic E-state index is -0.465. The number of nitrogens with zero attached hydrogens (tertiary/aromatic N) is 2. The molecule has 0 saturated carbocycles. The lowest BCUT2D eigenvalue weighted by Gasteiger charge is -1.89. The lowest BCUT2D eigenvalue weighted by atomic mass is 10.3. The number of H-pyrrole nitrogens is 2. The molecule has 8 nitrogen and oxygen atoms in total. The molecule has 0 aliphatic carbocycles. The van der Waals surface area contributed by atoms with E-state index >= 15 is 0 Å². The summed E-state index contributed by atoms with van der Waals surface area (Å²) in [5.74, 6) is 0. The second-order valence-corrected chi connectivity index (χ2v) is 3.54. The van der Waals surface area contributed by atoms with Gasteiger partial charge in [-0.25, -0.2) is 9.59 Å². The van der Waals surface area contributed by atoms with E-state index in [1.165, 1.54) is 21.8 Å². The standard InChI is InChI=1S/C10H6N4O4/c15-9-5-13(11-17-9)7-1-2-8(4-3-7)14-6-10(16)18-12-14/h1-6H/p+2. The normalized spacial score (nSPS) is 10.7. The van der Waals surface area contributed by atoms with Gasteiger partial charge in [0.15, 0.2) is 0 Å². The molecule has 0 aliphatic rings. The van der Waals surface area contributed by atoms with E-state index < -0.39 is 11.3 Å². The van der Waals surface area contributed by atoms with Gasteiger partial charge >= 0.3 is 11.3 Å². The topological polar surface area (TPSA) is 99.8 Å². The van der Waals surface area contributed by atoms with Crippen molar-refractivity contribution >= 4 is 0 Å². The molecule has 0 fully saturated rings. The minimum Gasteiger partial charge on any atom is -0.283 e. The third-order valence-corrected chi connectivity index (χ3v) is 2.36. The molecule has 90 valence electrons. The van der Waals surface area contributed by atoms with Crippen LogP contribution in [0.15, 0.2) is 55.3 Å². The second kappa shape index (κ2) is 3.84. The summed E-state index contributed by atoms with van der Waals surface area (Å²) in [4.78, 5) is 21.8. The van der Waals surface area contributed by atoms with Crippen LogP contribution >= 0.6 is 0 Å². The van der Waals surface area contributed by atoms with Crippen molar-refractivity contribution in [2.24, 2.45) is 0 Å². The molecule has 0 saturated heterocycles. The zero-order valence-electron chi connectivity index (χ0n) is 8.99. The van der Waals surface area contributed by atoms with Crippen molar-refractivity contribution in [3.05, 3.63) is 57.5 Å². The molecule has 0 atom stereocenters. The molecule has 18 heavy (non-hydrogen) atoms. The van der Waals surface area contributed by atoms with Crippen LogP contribution in [0.25, 0.3) is 11.4 Å². The van der Waals surface area contributed by atoms with E-state index in [4.69, 9.17) is 0 Å². The lowest BCUT2D eigenvalue weighted by Crippen LogP contribution is -2.34. The highest BCUT2D eigenvalue weighted by atomic mass is 16.5. The predicted molar refractivity (Wildman–Crippen MR) is 55.3 cm³/mol. The molecule has 0 radical (unpaired) electrons. The summed E-state index contributed by atoms with van der Waals surface area (Å²) < 4.78 is 12.0. The quantitative estimate of drug-likeness (QED) is 0.556. The van der Waals surface area contributed by atoms with Crippen LogP contribution in [0.1, 0.15) is 0 Å². The van der Waals surface area contributed by atoms with Gasteiger partial charge in [-0.2, -0.15) is 0 Å². The van der Waals surface area contributed by atoms with Crippen molar-refractivity contribution in [3.63, 3.8) is 0 Å². The first-order valence-corrected chi connectivity index (χ1v) is 5.03. The van der Waals surface area contributed by atoms with Crippen molar-refractivity contribution in [2.75, 3.05) is 0 Å². The monoisotopic (exact) mass is 248 g/mol. The van der Waals surface area contributed by atoms with Crippen LogP contribution in [0.3, 0.4) is 0 Å². The fourth-order valence-electron chi connectivity index (χ4n) is 1.53. The number of rotatable bonds is 2. The molecular weight excluding hydrogens is 240 g/mol. The Balaban J connectivity index is 1.98. The van der Waals surface area contributed by atoms with Crippen LogP contribution in [-0.2, 0) is 0 Å². The highest BCUT2D eigenvalue weighted by Crippen LogP contribution is 2.01. The van der Waals surface area contributed by atoms with Crippen LogP contribution in [-0.4, -0.2) is 10.5 Å². The van der Waals surface area contributed by atoms with Crippen molar-refractivity contribution < 1.29 is 18.4 Å². The summed E-state index contributed by atoms with van der Waals surface area (Å²) in [6, 6.07) is 7.00. The Labute approximate surface area is 98.6 Å². The van der Waals surface area contributed by atoms with Crippen LogP contribution in [0.5, 0.6) is 0 Å². The van der Waals surface area contributed by atoms with Gasteiger partial charge in [0.1, 0.15) is 0 Å². The van der Waals surface area contributed by atoms with Gasteiger partial charge in [-0.15, -0.1) is 0 Å². The summed E-state index contributed by atoms with van der Waals surface area (Å²) in [6.07, 6.45) is 2.56. The Kier molecular flexibility index (Phi) is 2.19. The van der Waals surface area contributed by atoms with Crippen LogP contribution < -0.4 is 20.6 Å². The Hall–Kier alpha value is -2.90. The molecular formula is C10H8N4O4+2. The first-order valence-electron chi connectivity index (χ1n) is 5.03. The molecule has 3 aromatic rings. The highest BCUT2D eigenvalue weighted by Gasteiger charge is 2.14. The fraction of sp³-hybridized carbons (Fsp3) is 0. The van der Waals surface area contributed by atoms with Gasteiger partial charge in [-0.1, -0.05) is 0 Å². The van der Waals surface area contributed by atoms with E-state index in [0.717, 1.165) is 11.4 Å². The molecule has 0 amide bonds. The smallest absolute Gasteiger partial charge is 0.283 e. The molecule has 8 heteroatoms. The summed E-state index contributed by atoms with van der Waals surface area (Å²) in [6.45, 7) is 0. The largest absolute Gasteiger partial charge is 0.427 e. The average Bonchev–Trinajstić information content (AvgIpc) is 2.98. The van der Waals surface area contributed by atoms with Crippen molar-refractivity contribution in [2.45, 2.75) is 0 Å². The van der Waals surface area contributed by atoms with Gasteiger partial charge < -0.3 is 0 Å². The van der Waals surface area contributed by atoms with Gasteiger partial charge in [0, 0.05) is 24.3 Å². The number of aromatic nitrogens is 4. The van der Waals surface area contributed by atoms with Crippen molar-refractivity contribution in [3.8, 4) is 11.4 Å². The molecule has 0 spiro atoms. The molecule has 0 unspecified atom stereocenters. The van der Waals surface area contributed by atoms with Gasteiger partial charge in [0.25, 0.3) is 12.4 Å². The van der Waals surface area contributed by atoms with E-state index in [9.17, 15) is 9.59 Å². The van der Waals surface area contributed by atoms with Crippen LogP contribution in [0, 0.1) is 0 Å². The maximum Gasteiger partial charge on any atom is 0.427 e. The summed E-state index contributed by atoms with van der Waals surface area (Å²) >= 11 is 0. The van der Waals surface area contributed by atoms with E-state index in [1.807, 2.05) is 0 Å². The Morgan fingerprint density at radius 1 is 0.778 bits per heavy atom. The lowest BCUT2D eigenvalue weighted by molar-refractivity contribution is -0.673. The molecule has 0 bridgehead atoms. The highest BCUT2D eigenvalue weighted by molar-refractivity contribution is 5.30. The third-order valence-electron chi connectivity index (χ3n) is 2.36. The van der Waals surface area contributed by atoms with Crippen LogP contribution in [0.4, 0.5) is 0 Å². The maximum atomic E-state index is 10.9. The SMILES string of the molecule is O=c1c[n+](-c2ccc(-[n+]3cc(=O)o[nH]3)cc2)[nH]o1. The van der Waals surface area contributed by atoms with E-state index in [0.29, 0.717) is 0 Å². The van der Waals surface area contributed by atoms with Gasteiger partial charge in [-0.3, -0.25) is 9.05 Å². The zero-order valence-corrected chi connectivity index (χ0v) is 8.99. The maximum absolute atomic E-state index is 10.9. The number of hydrogen-bond acceptors (Lipinski definition) is 4. The Bertz CT molecular complexity index is 710. The first-order chi connectivity index (χ1) is 8.72. The molecule has 2 N–H and O–H groups in total. The number of aromatic amines is 2.